The fourth-order valence-corrected chi connectivity index (χ4v) is 2.66. The molecule has 0 spiro atoms. The molecule has 0 unspecified atom stereocenters. The second-order valence-electron chi connectivity index (χ2n) is 5.75. The average Bonchev–Trinajstić information content (AvgIpc) is 3.17. The highest BCUT2D eigenvalue weighted by Gasteiger charge is 2.24. The minimum atomic E-state index is -0.0361. The molecule has 0 amide bonds. The molecule has 0 aliphatic heterocycles. The van der Waals surface area contributed by atoms with Gasteiger partial charge in [-0.1, -0.05) is 25.4 Å². The number of aromatic nitrogens is 2. The van der Waals surface area contributed by atoms with Crippen molar-refractivity contribution in [3.8, 4) is 0 Å². The summed E-state index contributed by atoms with van der Waals surface area (Å²) in [5.74, 6) is 1.03. The molecule has 1 saturated carbocycles. The SMILES string of the molecule is CC(C)Cc1c(Cl)nc2cc(C3CC3)ccn2c1=O. The van der Waals surface area contributed by atoms with E-state index in [0.29, 0.717) is 34.6 Å². The van der Waals surface area contributed by atoms with Crippen molar-refractivity contribution in [1.82, 2.24) is 9.38 Å². The zero-order valence-corrected chi connectivity index (χ0v) is 11.9. The third kappa shape index (κ3) is 2.39. The maximum atomic E-state index is 12.4. The standard InChI is InChI=1S/C15H17ClN2O/c1-9(2)7-12-14(16)17-13-8-11(10-3-4-10)5-6-18(13)15(12)19/h5-6,8-10H,3-4,7H2,1-2H3. The summed E-state index contributed by atoms with van der Waals surface area (Å²) in [6, 6.07) is 4.02. The summed E-state index contributed by atoms with van der Waals surface area (Å²) in [6.07, 6.45) is 4.97. The molecule has 100 valence electrons. The highest BCUT2D eigenvalue weighted by atomic mass is 35.5. The monoisotopic (exact) mass is 276 g/mol. The Morgan fingerprint density at radius 1 is 1.47 bits per heavy atom. The van der Waals surface area contributed by atoms with Crippen LogP contribution in [-0.4, -0.2) is 9.38 Å². The van der Waals surface area contributed by atoms with E-state index in [-0.39, 0.29) is 5.56 Å². The lowest BCUT2D eigenvalue weighted by Crippen LogP contribution is -2.21. The van der Waals surface area contributed by atoms with Crippen molar-refractivity contribution in [2.45, 2.75) is 39.0 Å². The van der Waals surface area contributed by atoms with Crippen molar-refractivity contribution >= 4 is 17.2 Å². The predicted molar refractivity (Wildman–Crippen MR) is 77.0 cm³/mol. The Balaban J connectivity index is 2.16. The lowest BCUT2D eigenvalue weighted by atomic mass is 10.1. The summed E-state index contributed by atoms with van der Waals surface area (Å²) in [4.78, 5) is 16.8. The first-order valence-corrected chi connectivity index (χ1v) is 7.14. The Morgan fingerprint density at radius 3 is 2.84 bits per heavy atom. The summed E-state index contributed by atoms with van der Waals surface area (Å²) in [5, 5.41) is 0.353. The Hall–Kier alpha value is -1.35. The fourth-order valence-electron chi connectivity index (χ4n) is 2.41. The Kier molecular flexibility index (Phi) is 3.09. The van der Waals surface area contributed by atoms with E-state index in [9.17, 15) is 4.79 Å². The summed E-state index contributed by atoms with van der Waals surface area (Å²) >= 11 is 6.18. The predicted octanol–water partition coefficient (Wildman–Crippen LogP) is 3.42. The molecule has 2 heterocycles. The molecule has 2 aromatic heterocycles. The summed E-state index contributed by atoms with van der Waals surface area (Å²) in [5.41, 5.74) is 2.51. The minimum Gasteiger partial charge on any atom is -0.269 e. The summed E-state index contributed by atoms with van der Waals surface area (Å²) < 4.78 is 1.61. The van der Waals surface area contributed by atoms with Gasteiger partial charge < -0.3 is 0 Å². The number of fused-ring (bicyclic) bond motifs is 1. The molecule has 0 saturated heterocycles. The lowest BCUT2D eigenvalue weighted by molar-refractivity contribution is 0.639. The third-order valence-corrected chi connectivity index (χ3v) is 3.87. The van der Waals surface area contributed by atoms with Crippen LogP contribution in [0.3, 0.4) is 0 Å². The van der Waals surface area contributed by atoms with E-state index in [1.54, 1.807) is 4.40 Å². The Labute approximate surface area is 117 Å². The molecular weight excluding hydrogens is 260 g/mol. The number of hydrogen-bond acceptors (Lipinski definition) is 2. The van der Waals surface area contributed by atoms with Crippen LogP contribution < -0.4 is 5.56 Å². The summed E-state index contributed by atoms with van der Waals surface area (Å²) in [6.45, 7) is 4.14. The van der Waals surface area contributed by atoms with Gasteiger partial charge >= 0.3 is 0 Å². The molecule has 1 aliphatic rings. The van der Waals surface area contributed by atoms with Crippen molar-refractivity contribution in [2.75, 3.05) is 0 Å². The maximum absolute atomic E-state index is 12.4. The fraction of sp³-hybridized carbons (Fsp3) is 0.467. The molecule has 4 heteroatoms. The van der Waals surface area contributed by atoms with Crippen molar-refractivity contribution in [3.63, 3.8) is 0 Å². The van der Waals surface area contributed by atoms with Crippen LogP contribution in [0.4, 0.5) is 0 Å². The van der Waals surface area contributed by atoms with Gasteiger partial charge in [0.25, 0.3) is 5.56 Å². The maximum Gasteiger partial charge on any atom is 0.262 e. The zero-order valence-electron chi connectivity index (χ0n) is 11.2. The minimum absolute atomic E-state index is 0.0361. The van der Waals surface area contributed by atoms with Gasteiger partial charge in [-0.05, 0) is 48.8 Å². The first kappa shape index (κ1) is 12.7. The van der Waals surface area contributed by atoms with Crippen LogP contribution in [-0.2, 0) is 6.42 Å². The van der Waals surface area contributed by atoms with Gasteiger partial charge in [-0.2, -0.15) is 0 Å². The normalized spacial score (nSPS) is 15.4. The number of nitrogens with zero attached hydrogens (tertiary/aromatic N) is 2. The van der Waals surface area contributed by atoms with E-state index >= 15 is 0 Å². The van der Waals surface area contributed by atoms with Crippen molar-refractivity contribution in [3.05, 3.63) is 45.0 Å². The first-order valence-electron chi connectivity index (χ1n) is 6.77. The molecular formula is C15H17ClN2O. The van der Waals surface area contributed by atoms with Gasteiger partial charge in [0.1, 0.15) is 10.8 Å². The van der Waals surface area contributed by atoms with Gasteiger partial charge in [-0.25, -0.2) is 4.98 Å². The van der Waals surface area contributed by atoms with E-state index in [2.05, 4.69) is 18.8 Å². The number of halogens is 1. The van der Waals surface area contributed by atoms with E-state index in [0.717, 1.165) is 0 Å². The quantitative estimate of drug-likeness (QED) is 0.805. The average molecular weight is 277 g/mol. The molecule has 0 atom stereocenters. The van der Waals surface area contributed by atoms with Crippen molar-refractivity contribution < 1.29 is 0 Å². The lowest BCUT2D eigenvalue weighted by Gasteiger charge is -2.09. The van der Waals surface area contributed by atoms with Crippen LogP contribution in [0.5, 0.6) is 0 Å². The van der Waals surface area contributed by atoms with Crippen LogP contribution in [0.15, 0.2) is 23.1 Å². The molecule has 0 bridgehead atoms. The van der Waals surface area contributed by atoms with E-state index in [1.807, 2.05) is 18.3 Å². The molecule has 0 aromatic carbocycles. The molecule has 0 radical (unpaired) electrons. The van der Waals surface area contributed by atoms with Crippen LogP contribution in [0.1, 0.15) is 43.7 Å². The van der Waals surface area contributed by atoms with Crippen molar-refractivity contribution in [1.29, 1.82) is 0 Å². The van der Waals surface area contributed by atoms with Crippen molar-refractivity contribution in [2.24, 2.45) is 5.92 Å². The van der Waals surface area contributed by atoms with Crippen LogP contribution in [0.25, 0.3) is 5.65 Å². The highest BCUT2D eigenvalue weighted by molar-refractivity contribution is 6.30. The van der Waals surface area contributed by atoms with E-state index < -0.39 is 0 Å². The molecule has 0 N–H and O–H groups in total. The van der Waals surface area contributed by atoms with Crippen LogP contribution in [0, 0.1) is 5.92 Å². The molecule has 3 rings (SSSR count). The molecule has 19 heavy (non-hydrogen) atoms. The molecule has 2 aromatic rings. The number of hydrogen-bond donors (Lipinski definition) is 0. The second kappa shape index (κ2) is 4.64. The smallest absolute Gasteiger partial charge is 0.262 e. The van der Waals surface area contributed by atoms with Gasteiger partial charge in [-0.3, -0.25) is 9.20 Å². The Morgan fingerprint density at radius 2 is 2.21 bits per heavy atom. The van der Waals surface area contributed by atoms with Gasteiger partial charge in [-0.15, -0.1) is 0 Å². The third-order valence-electron chi connectivity index (χ3n) is 3.56. The summed E-state index contributed by atoms with van der Waals surface area (Å²) in [7, 11) is 0. The molecule has 3 nitrogen and oxygen atoms in total. The van der Waals surface area contributed by atoms with E-state index in [4.69, 9.17) is 11.6 Å². The Bertz CT molecular complexity index is 686. The largest absolute Gasteiger partial charge is 0.269 e. The van der Waals surface area contributed by atoms with Gasteiger partial charge in [0.15, 0.2) is 0 Å². The van der Waals surface area contributed by atoms with E-state index in [1.165, 1.54) is 18.4 Å². The van der Waals surface area contributed by atoms with Gasteiger partial charge in [0, 0.05) is 6.20 Å². The molecule has 1 aliphatic carbocycles. The van der Waals surface area contributed by atoms with Crippen LogP contribution in [0.2, 0.25) is 5.15 Å². The zero-order chi connectivity index (χ0) is 13.6. The number of rotatable bonds is 3. The van der Waals surface area contributed by atoms with Crippen LogP contribution >= 0.6 is 11.6 Å². The second-order valence-corrected chi connectivity index (χ2v) is 6.10. The van der Waals surface area contributed by atoms with Gasteiger partial charge in [0.05, 0.1) is 5.56 Å². The highest BCUT2D eigenvalue weighted by Crippen LogP contribution is 2.40. The van der Waals surface area contributed by atoms with Gasteiger partial charge in [0.2, 0.25) is 0 Å². The first-order chi connectivity index (χ1) is 9.06. The molecule has 1 fully saturated rings. The topological polar surface area (TPSA) is 34.4 Å². The number of pyridine rings is 1.